The minimum Gasteiger partial charge on any atom is -0.398 e. The zero-order valence-electron chi connectivity index (χ0n) is 10.5. The van der Waals surface area contributed by atoms with Crippen LogP contribution >= 0.6 is 0 Å². The van der Waals surface area contributed by atoms with Gasteiger partial charge in [-0.25, -0.2) is 0 Å². The molecule has 2 N–H and O–H groups in total. The van der Waals surface area contributed by atoms with Crippen LogP contribution in [0.4, 0.5) is 5.69 Å². The van der Waals surface area contributed by atoms with E-state index < -0.39 is 0 Å². The number of allylic oxidation sites excluding steroid dienone is 1. The van der Waals surface area contributed by atoms with Crippen molar-refractivity contribution < 1.29 is 0 Å². The Labute approximate surface area is 108 Å². The Morgan fingerprint density at radius 1 is 0.944 bits per heavy atom. The predicted octanol–water partition coefficient (Wildman–Crippen LogP) is 4.18. The first-order chi connectivity index (χ1) is 8.77. The Balaban J connectivity index is 2.07. The fourth-order valence-electron chi connectivity index (χ4n) is 2.90. The molecule has 18 heavy (non-hydrogen) atoms. The molecule has 0 heterocycles. The van der Waals surface area contributed by atoms with E-state index in [1.807, 2.05) is 12.1 Å². The van der Waals surface area contributed by atoms with E-state index >= 15 is 0 Å². The highest BCUT2D eigenvalue weighted by Gasteiger charge is 2.25. The first-order valence-electron chi connectivity index (χ1n) is 6.39. The van der Waals surface area contributed by atoms with Crippen molar-refractivity contribution in [3.05, 3.63) is 71.3 Å². The fraction of sp³-hybridized carbons (Fsp3) is 0.176. The number of anilines is 1. The van der Waals surface area contributed by atoms with E-state index in [-0.39, 0.29) is 0 Å². The van der Waals surface area contributed by atoms with Crippen LogP contribution < -0.4 is 5.73 Å². The van der Waals surface area contributed by atoms with Crippen LogP contribution in [0.2, 0.25) is 0 Å². The molecule has 1 aliphatic rings. The molecule has 0 fully saturated rings. The van der Waals surface area contributed by atoms with Gasteiger partial charge in [-0.3, -0.25) is 0 Å². The molecule has 0 spiro atoms. The van der Waals surface area contributed by atoms with Crippen LogP contribution in [0.5, 0.6) is 0 Å². The molecule has 0 bridgehead atoms. The molecular weight excluding hydrogens is 218 g/mol. The lowest BCUT2D eigenvalue weighted by Gasteiger charge is -2.28. The molecule has 0 radical (unpaired) electrons. The standard InChI is InChI=1S/C17H17N/c1-12-15(13-6-3-2-4-7-13)11-10-14-8-5-9-16(18)17(12)14/h2-12,15H,18H2,1H3. The van der Waals surface area contributed by atoms with E-state index in [1.54, 1.807) is 0 Å². The molecule has 1 heteroatoms. The van der Waals surface area contributed by atoms with Gasteiger partial charge in [-0.1, -0.05) is 61.5 Å². The van der Waals surface area contributed by atoms with Gasteiger partial charge >= 0.3 is 0 Å². The maximum atomic E-state index is 6.14. The molecule has 3 rings (SSSR count). The number of benzene rings is 2. The summed E-state index contributed by atoms with van der Waals surface area (Å²) >= 11 is 0. The van der Waals surface area contributed by atoms with Gasteiger partial charge in [-0.2, -0.15) is 0 Å². The summed E-state index contributed by atoms with van der Waals surface area (Å²) in [6.07, 6.45) is 4.49. The average molecular weight is 235 g/mol. The Kier molecular flexibility index (Phi) is 2.67. The van der Waals surface area contributed by atoms with E-state index in [2.05, 4.69) is 55.5 Å². The van der Waals surface area contributed by atoms with Crippen molar-refractivity contribution in [1.82, 2.24) is 0 Å². The Bertz CT molecular complexity index is 584. The molecule has 1 aliphatic carbocycles. The monoisotopic (exact) mass is 235 g/mol. The molecule has 0 saturated heterocycles. The molecule has 2 unspecified atom stereocenters. The third kappa shape index (κ3) is 1.72. The van der Waals surface area contributed by atoms with Crippen LogP contribution in [0.25, 0.3) is 6.08 Å². The molecule has 90 valence electrons. The Morgan fingerprint density at radius 2 is 1.72 bits per heavy atom. The molecule has 2 aromatic rings. The van der Waals surface area contributed by atoms with E-state index in [9.17, 15) is 0 Å². The second kappa shape index (κ2) is 4.34. The van der Waals surface area contributed by atoms with Crippen LogP contribution in [-0.4, -0.2) is 0 Å². The van der Waals surface area contributed by atoms with Gasteiger partial charge < -0.3 is 5.73 Å². The van der Waals surface area contributed by atoms with E-state index in [1.165, 1.54) is 16.7 Å². The lowest BCUT2D eigenvalue weighted by atomic mass is 9.76. The predicted molar refractivity (Wildman–Crippen MR) is 77.5 cm³/mol. The lowest BCUT2D eigenvalue weighted by Crippen LogP contribution is -2.13. The van der Waals surface area contributed by atoms with Crippen molar-refractivity contribution in [2.45, 2.75) is 18.8 Å². The summed E-state index contributed by atoms with van der Waals surface area (Å²) in [4.78, 5) is 0. The van der Waals surface area contributed by atoms with Gasteiger partial charge in [0.2, 0.25) is 0 Å². The van der Waals surface area contributed by atoms with E-state index in [0.29, 0.717) is 11.8 Å². The minimum atomic E-state index is 0.420. The van der Waals surface area contributed by atoms with Crippen LogP contribution in [0.3, 0.4) is 0 Å². The van der Waals surface area contributed by atoms with Crippen molar-refractivity contribution in [3.8, 4) is 0 Å². The van der Waals surface area contributed by atoms with Crippen molar-refractivity contribution >= 4 is 11.8 Å². The lowest BCUT2D eigenvalue weighted by molar-refractivity contribution is 0.671. The third-order valence-corrected chi connectivity index (χ3v) is 3.84. The third-order valence-electron chi connectivity index (χ3n) is 3.84. The SMILES string of the molecule is CC1c2c(N)cccc2C=CC1c1ccccc1. The first kappa shape index (κ1) is 11.1. The van der Waals surface area contributed by atoms with Crippen molar-refractivity contribution in [2.75, 3.05) is 5.73 Å². The zero-order chi connectivity index (χ0) is 12.5. The van der Waals surface area contributed by atoms with Gasteiger partial charge in [0, 0.05) is 11.6 Å². The highest BCUT2D eigenvalue weighted by molar-refractivity contribution is 5.68. The second-order valence-corrected chi connectivity index (χ2v) is 4.93. The number of hydrogen-bond donors (Lipinski definition) is 1. The average Bonchev–Trinajstić information content (AvgIpc) is 2.40. The molecule has 1 nitrogen and oxygen atoms in total. The molecule has 0 aliphatic heterocycles. The highest BCUT2D eigenvalue weighted by Crippen LogP contribution is 2.42. The van der Waals surface area contributed by atoms with Gasteiger partial charge in [0.15, 0.2) is 0 Å². The maximum absolute atomic E-state index is 6.14. The van der Waals surface area contributed by atoms with Crippen LogP contribution in [0.1, 0.15) is 35.4 Å². The molecule has 0 saturated carbocycles. The van der Waals surface area contributed by atoms with Gasteiger partial charge in [0.1, 0.15) is 0 Å². The molecule has 0 aromatic heterocycles. The fourth-order valence-corrected chi connectivity index (χ4v) is 2.90. The van der Waals surface area contributed by atoms with Gasteiger partial charge in [0.25, 0.3) is 0 Å². The zero-order valence-corrected chi connectivity index (χ0v) is 10.5. The van der Waals surface area contributed by atoms with Crippen molar-refractivity contribution in [1.29, 1.82) is 0 Å². The summed E-state index contributed by atoms with van der Waals surface area (Å²) in [5, 5.41) is 0. The second-order valence-electron chi connectivity index (χ2n) is 4.93. The number of nitrogens with two attached hydrogens (primary N) is 1. The summed E-state index contributed by atoms with van der Waals surface area (Å²) in [7, 11) is 0. The van der Waals surface area contributed by atoms with E-state index in [0.717, 1.165) is 5.69 Å². The number of hydrogen-bond acceptors (Lipinski definition) is 1. The maximum Gasteiger partial charge on any atom is 0.0355 e. The number of rotatable bonds is 1. The number of nitrogen functional groups attached to an aromatic ring is 1. The Morgan fingerprint density at radius 3 is 2.50 bits per heavy atom. The minimum absolute atomic E-state index is 0.420. The van der Waals surface area contributed by atoms with Crippen molar-refractivity contribution in [2.24, 2.45) is 0 Å². The summed E-state index contributed by atoms with van der Waals surface area (Å²) in [5.74, 6) is 0.844. The van der Waals surface area contributed by atoms with Crippen LogP contribution in [-0.2, 0) is 0 Å². The molecule has 0 amide bonds. The summed E-state index contributed by atoms with van der Waals surface area (Å²) in [5.41, 5.74) is 10.9. The van der Waals surface area contributed by atoms with Gasteiger partial charge in [-0.15, -0.1) is 0 Å². The normalized spacial score (nSPS) is 21.6. The summed E-state index contributed by atoms with van der Waals surface area (Å²) in [6, 6.07) is 16.8. The van der Waals surface area contributed by atoms with Gasteiger partial charge in [-0.05, 0) is 28.7 Å². The van der Waals surface area contributed by atoms with E-state index in [4.69, 9.17) is 5.73 Å². The summed E-state index contributed by atoms with van der Waals surface area (Å²) < 4.78 is 0. The smallest absolute Gasteiger partial charge is 0.0355 e. The molecule has 2 atom stereocenters. The van der Waals surface area contributed by atoms with Crippen LogP contribution in [0.15, 0.2) is 54.6 Å². The number of fused-ring (bicyclic) bond motifs is 1. The van der Waals surface area contributed by atoms with Crippen LogP contribution in [0, 0.1) is 0 Å². The van der Waals surface area contributed by atoms with Crippen molar-refractivity contribution in [3.63, 3.8) is 0 Å². The molecular formula is C17H17N. The first-order valence-corrected chi connectivity index (χ1v) is 6.39. The summed E-state index contributed by atoms with van der Waals surface area (Å²) in [6.45, 7) is 2.26. The van der Waals surface area contributed by atoms with Gasteiger partial charge in [0.05, 0.1) is 0 Å². The highest BCUT2D eigenvalue weighted by atomic mass is 14.6. The quantitative estimate of drug-likeness (QED) is 0.737. The largest absolute Gasteiger partial charge is 0.398 e. The molecule has 2 aromatic carbocycles. The topological polar surface area (TPSA) is 26.0 Å². The Hall–Kier alpha value is -2.02.